The lowest BCUT2D eigenvalue weighted by molar-refractivity contribution is 1.11. The molecule has 0 radical (unpaired) electrons. The average Bonchev–Trinajstić information content (AvgIpc) is 2.27. The van der Waals surface area contributed by atoms with Crippen LogP contribution in [0.1, 0.15) is 5.56 Å². The Morgan fingerprint density at radius 1 is 1.06 bits per heavy atom. The fourth-order valence-electron chi connectivity index (χ4n) is 1.37. The Bertz CT molecular complexity index is 451. The van der Waals surface area contributed by atoms with Gasteiger partial charge < -0.3 is 5.32 Å². The van der Waals surface area contributed by atoms with Crippen molar-refractivity contribution in [1.29, 1.82) is 0 Å². The van der Waals surface area contributed by atoms with Gasteiger partial charge in [0.2, 0.25) is 0 Å². The van der Waals surface area contributed by atoms with E-state index in [1.807, 2.05) is 30.3 Å². The standard InChI is InChI=1S/C12H10Cl2N2/c13-10-5-9(6-11(14)7-10)8-16-12-3-1-2-4-15-12/h1-7H,8H2,(H,15,16). The number of nitrogens with one attached hydrogen (secondary N) is 1. The number of benzene rings is 1. The van der Waals surface area contributed by atoms with Gasteiger partial charge in [-0.2, -0.15) is 0 Å². The molecule has 0 spiro atoms. The first kappa shape index (κ1) is 11.2. The van der Waals surface area contributed by atoms with Crippen LogP contribution in [0, 0.1) is 0 Å². The summed E-state index contributed by atoms with van der Waals surface area (Å²) in [6, 6.07) is 11.2. The predicted molar refractivity (Wildman–Crippen MR) is 68.0 cm³/mol. The van der Waals surface area contributed by atoms with E-state index in [1.165, 1.54) is 0 Å². The molecule has 16 heavy (non-hydrogen) atoms. The minimum absolute atomic E-state index is 0.644. The molecule has 0 bridgehead atoms. The molecule has 1 heterocycles. The van der Waals surface area contributed by atoms with Crippen LogP contribution >= 0.6 is 23.2 Å². The minimum atomic E-state index is 0.644. The largest absolute Gasteiger partial charge is 0.366 e. The third-order valence-electron chi connectivity index (χ3n) is 2.06. The molecule has 0 aliphatic rings. The zero-order chi connectivity index (χ0) is 11.4. The average molecular weight is 253 g/mol. The fraction of sp³-hybridized carbons (Fsp3) is 0.0833. The van der Waals surface area contributed by atoms with Crippen LogP contribution in [0.4, 0.5) is 5.82 Å². The monoisotopic (exact) mass is 252 g/mol. The highest BCUT2D eigenvalue weighted by Gasteiger charge is 1.98. The van der Waals surface area contributed by atoms with E-state index in [0.29, 0.717) is 16.6 Å². The molecule has 0 atom stereocenters. The lowest BCUT2D eigenvalue weighted by Gasteiger charge is -2.06. The number of hydrogen-bond donors (Lipinski definition) is 1. The Labute approximate surface area is 104 Å². The number of nitrogens with zero attached hydrogens (tertiary/aromatic N) is 1. The molecule has 82 valence electrons. The van der Waals surface area contributed by atoms with E-state index in [9.17, 15) is 0 Å². The number of halogens is 2. The van der Waals surface area contributed by atoms with E-state index < -0.39 is 0 Å². The van der Waals surface area contributed by atoms with E-state index in [1.54, 1.807) is 12.3 Å². The highest BCUT2D eigenvalue weighted by molar-refractivity contribution is 6.34. The van der Waals surface area contributed by atoms with Gasteiger partial charge in [0.1, 0.15) is 5.82 Å². The fourth-order valence-corrected chi connectivity index (χ4v) is 1.94. The lowest BCUT2D eigenvalue weighted by Crippen LogP contribution is -2.00. The van der Waals surface area contributed by atoms with E-state index in [-0.39, 0.29) is 0 Å². The van der Waals surface area contributed by atoms with Gasteiger partial charge >= 0.3 is 0 Å². The first-order chi connectivity index (χ1) is 7.74. The topological polar surface area (TPSA) is 24.9 Å². The van der Waals surface area contributed by atoms with Crippen molar-refractivity contribution in [2.45, 2.75) is 6.54 Å². The van der Waals surface area contributed by atoms with Crippen molar-refractivity contribution in [3.63, 3.8) is 0 Å². The molecule has 0 aliphatic heterocycles. The molecule has 0 amide bonds. The summed E-state index contributed by atoms with van der Waals surface area (Å²) in [4.78, 5) is 4.16. The van der Waals surface area contributed by atoms with Gasteiger partial charge in [-0.15, -0.1) is 0 Å². The molecular weight excluding hydrogens is 243 g/mol. The van der Waals surface area contributed by atoms with Gasteiger partial charge in [-0.3, -0.25) is 0 Å². The summed E-state index contributed by atoms with van der Waals surface area (Å²) in [6.45, 7) is 0.650. The third kappa shape index (κ3) is 3.12. The molecule has 2 rings (SSSR count). The summed E-state index contributed by atoms with van der Waals surface area (Å²) in [5.41, 5.74) is 1.03. The quantitative estimate of drug-likeness (QED) is 0.894. The maximum Gasteiger partial charge on any atom is 0.126 e. The van der Waals surface area contributed by atoms with Crippen LogP contribution < -0.4 is 5.32 Å². The highest BCUT2D eigenvalue weighted by Crippen LogP contribution is 2.19. The molecule has 4 heteroatoms. The van der Waals surface area contributed by atoms with Crippen LogP contribution in [0.3, 0.4) is 0 Å². The van der Waals surface area contributed by atoms with Crippen molar-refractivity contribution >= 4 is 29.0 Å². The van der Waals surface area contributed by atoms with Crippen LogP contribution in [-0.2, 0) is 6.54 Å². The Morgan fingerprint density at radius 2 is 1.81 bits per heavy atom. The minimum Gasteiger partial charge on any atom is -0.366 e. The second kappa shape index (κ2) is 5.19. The zero-order valence-corrected chi connectivity index (χ0v) is 9.96. The van der Waals surface area contributed by atoms with E-state index in [4.69, 9.17) is 23.2 Å². The lowest BCUT2D eigenvalue weighted by atomic mass is 10.2. The van der Waals surface area contributed by atoms with Crippen molar-refractivity contribution in [2.75, 3.05) is 5.32 Å². The van der Waals surface area contributed by atoms with Crippen LogP contribution in [0.25, 0.3) is 0 Å². The second-order valence-electron chi connectivity index (χ2n) is 3.35. The van der Waals surface area contributed by atoms with Crippen molar-refractivity contribution in [2.24, 2.45) is 0 Å². The number of pyridine rings is 1. The molecule has 0 saturated carbocycles. The number of anilines is 1. The van der Waals surface area contributed by atoms with Crippen molar-refractivity contribution in [3.8, 4) is 0 Å². The molecule has 2 nitrogen and oxygen atoms in total. The molecule has 1 aromatic heterocycles. The summed E-state index contributed by atoms with van der Waals surface area (Å²) >= 11 is 11.8. The molecule has 1 N–H and O–H groups in total. The SMILES string of the molecule is Clc1cc(Cl)cc(CNc2ccccn2)c1. The zero-order valence-electron chi connectivity index (χ0n) is 8.45. The molecule has 0 aliphatic carbocycles. The van der Waals surface area contributed by atoms with Gasteiger partial charge in [-0.25, -0.2) is 4.98 Å². The maximum absolute atomic E-state index is 5.90. The molecule has 2 aromatic rings. The highest BCUT2D eigenvalue weighted by atomic mass is 35.5. The smallest absolute Gasteiger partial charge is 0.126 e. The Hall–Kier alpha value is -1.25. The van der Waals surface area contributed by atoms with Gasteiger partial charge in [0.25, 0.3) is 0 Å². The number of hydrogen-bond acceptors (Lipinski definition) is 2. The summed E-state index contributed by atoms with van der Waals surface area (Å²) in [5.74, 6) is 0.832. The van der Waals surface area contributed by atoms with Crippen molar-refractivity contribution < 1.29 is 0 Å². The molecule has 0 unspecified atom stereocenters. The van der Waals surface area contributed by atoms with Gasteiger partial charge in [0, 0.05) is 22.8 Å². The Kier molecular flexibility index (Phi) is 3.65. The predicted octanol–water partition coefficient (Wildman–Crippen LogP) is 4.00. The summed E-state index contributed by atoms with van der Waals surface area (Å²) in [6.07, 6.45) is 1.74. The van der Waals surface area contributed by atoms with Gasteiger partial charge in [0.05, 0.1) is 0 Å². The van der Waals surface area contributed by atoms with Crippen molar-refractivity contribution in [1.82, 2.24) is 4.98 Å². The third-order valence-corrected chi connectivity index (χ3v) is 2.50. The van der Waals surface area contributed by atoms with E-state index >= 15 is 0 Å². The number of aromatic nitrogens is 1. The molecular formula is C12H10Cl2N2. The summed E-state index contributed by atoms with van der Waals surface area (Å²) in [7, 11) is 0. The molecule has 0 fully saturated rings. The number of rotatable bonds is 3. The van der Waals surface area contributed by atoms with Crippen LogP contribution in [-0.4, -0.2) is 4.98 Å². The van der Waals surface area contributed by atoms with Crippen LogP contribution in [0.5, 0.6) is 0 Å². The first-order valence-corrected chi connectivity index (χ1v) is 5.59. The normalized spacial score (nSPS) is 10.1. The summed E-state index contributed by atoms with van der Waals surface area (Å²) in [5, 5.41) is 4.47. The van der Waals surface area contributed by atoms with Gasteiger partial charge in [-0.05, 0) is 35.9 Å². The van der Waals surface area contributed by atoms with E-state index in [2.05, 4.69) is 10.3 Å². The molecule has 1 aromatic carbocycles. The Morgan fingerprint density at radius 3 is 2.44 bits per heavy atom. The Balaban J connectivity index is 2.05. The molecule has 0 saturated heterocycles. The van der Waals surface area contributed by atoms with Gasteiger partial charge in [0.15, 0.2) is 0 Å². The summed E-state index contributed by atoms with van der Waals surface area (Å²) < 4.78 is 0. The van der Waals surface area contributed by atoms with Crippen LogP contribution in [0.15, 0.2) is 42.6 Å². The van der Waals surface area contributed by atoms with Gasteiger partial charge in [-0.1, -0.05) is 29.3 Å². The maximum atomic E-state index is 5.90. The second-order valence-corrected chi connectivity index (χ2v) is 4.22. The van der Waals surface area contributed by atoms with E-state index in [0.717, 1.165) is 11.4 Å². The van der Waals surface area contributed by atoms with Crippen molar-refractivity contribution in [3.05, 3.63) is 58.2 Å². The van der Waals surface area contributed by atoms with Crippen LogP contribution in [0.2, 0.25) is 10.0 Å². The first-order valence-electron chi connectivity index (χ1n) is 4.84.